The zero-order valence-corrected chi connectivity index (χ0v) is 21.7. The van der Waals surface area contributed by atoms with Gasteiger partial charge in [0.1, 0.15) is 12.1 Å². The fraction of sp³-hybridized carbons (Fsp3) is 0.483. The molecule has 0 aliphatic rings. The zero-order chi connectivity index (χ0) is 26.3. The summed E-state index contributed by atoms with van der Waals surface area (Å²) in [5.41, 5.74) is 8.15. The Morgan fingerprint density at radius 1 is 0.861 bits per heavy atom. The van der Waals surface area contributed by atoms with Gasteiger partial charge in [0.25, 0.3) is 0 Å². The van der Waals surface area contributed by atoms with Crippen LogP contribution in [0.1, 0.15) is 57.6 Å². The van der Waals surface area contributed by atoms with E-state index in [1.807, 2.05) is 81.4 Å². The lowest BCUT2D eigenvalue weighted by Crippen LogP contribution is -2.55. The Kier molecular flexibility index (Phi) is 12.7. The summed E-state index contributed by atoms with van der Waals surface area (Å²) in [6.45, 7) is 6.27. The number of esters is 1. The van der Waals surface area contributed by atoms with E-state index in [-0.39, 0.29) is 11.8 Å². The smallest absolute Gasteiger partial charge is 0.328 e. The molecule has 2 aromatic rings. The average molecular weight is 496 g/mol. The van der Waals surface area contributed by atoms with Crippen LogP contribution in [0.5, 0.6) is 0 Å². The van der Waals surface area contributed by atoms with E-state index < -0.39 is 30.0 Å². The van der Waals surface area contributed by atoms with E-state index >= 15 is 0 Å². The molecule has 196 valence electrons. The van der Waals surface area contributed by atoms with Crippen molar-refractivity contribution in [2.75, 3.05) is 6.61 Å². The molecule has 0 aliphatic carbocycles. The van der Waals surface area contributed by atoms with E-state index in [2.05, 4.69) is 10.6 Å². The maximum atomic E-state index is 13.3. The largest absolute Gasteiger partial charge is 0.464 e. The lowest BCUT2D eigenvalue weighted by atomic mass is 10.00. The van der Waals surface area contributed by atoms with Crippen LogP contribution in [-0.2, 0) is 32.0 Å². The van der Waals surface area contributed by atoms with Gasteiger partial charge in [0.2, 0.25) is 11.8 Å². The van der Waals surface area contributed by atoms with Crippen LogP contribution in [0, 0.1) is 5.92 Å². The minimum absolute atomic E-state index is 0.144. The number of hydrogen-bond acceptors (Lipinski definition) is 5. The van der Waals surface area contributed by atoms with Gasteiger partial charge in [-0.15, -0.1) is 0 Å². The minimum atomic E-state index is -0.852. The highest BCUT2D eigenvalue weighted by atomic mass is 16.5. The minimum Gasteiger partial charge on any atom is -0.464 e. The fourth-order valence-corrected chi connectivity index (χ4v) is 3.81. The molecule has 0 aliphatic heterocycles. The Morgan fingerprint density at radius 2 is 1.44 bits per heavy atom. The molecule has 0 aromatic heterocycles. The zero-order valence-electron chi connectivity index (χ0n) is 21.7. The summed E-state index contributed by atoms with van der Waals surface area (Å²) in [7, 11) is 0. The number of amides is 2. The molecule has 2 amide bonds. The number of carbonyl (C=O) groups excluding carboxylic acids is 3. The maximum Gasteiger partial charge on any atom is 0.328 e. The van der Waals surface area contributed by atoms with Crippen molar-refractivity contribution in [1.82, 2.24) is 10.6 Å². The van der Waals surface area contributed by atoms with Gasteiger partial charge in [-0.3, -0.25) is 9.59 Å². The second-order valence-electron chi connectivity index (χ2n) is 9.59. The highest BCUT2D eigenvalue weighted by Gasteiger charge is 2.29. The Balaban J connectivity index is 2.05. The molecular weight excluding hydrogens is 454 g/mol. The summed E-state index contributed by atoms with van der Waals surface area (Å²) in [5, 5.41) is 5.65. The molecule has 2 aromatic carbocycles. The third-order valence-corrected chi connectivity index (χ3v) is 5.89. The first kappa shape index (κ1) is 29.0. The topological polar surface area (TPSA) is 111 Å². The van der Waals surface area contributed by atoms with Crippen LogP contribution in [-0.4, -0.2) is 42.5 Å². The average Bonchev–Trinajstić information content (AvgIpc) is 2.87. The summed E-state index contributed by atoms with van der Waals surface area (Å²) in [6.07, 6.45) is 3.51. The molecule has 0 unspecified atom stereocenters. The van der Waals surface area contributed by atoms with Gasteiger partial charge in [0, 0.05) is 6.42 Å². The first-order valence-corrected chi connectivity index (χ1v) is 12.9. The third-order valence-electron chi connectivity index (χ3n) is 5.89. The Hall–Kier alpha value is -3.19. The van der Waals surface area contributed by atoms with Crippen molar-refractivity contribution in [2.45, 2.75) is 77.4 Å². The highest BCUT2D eigenvalue weighted by Crippen LogP contribution is 2.10. The number of benzene rings is 2. The molecule has 0 bridgehead atoms. The molecule has 7 heteroatoms. The Morgan fingerprint density at radius 3 is 2.03 bits per heavy atom. The van der Waals surface area contributed by atoms with Crippen molar-refractivity contribution < 1.29 is 19.1 Å². The highest BCUT2D eigenvalue weighted by molar-refractivity contribution is 5.92. The van der Waals surface area contributed by atoms with Gasteiger partial charge < -0.3 is 21.1 Å². The molecule has 2 rings (SSSR count). The first-order chi connectivity index (χ1) is 17.3. The van der Waals surface area contributed by atoms with Crippen LogP contribution in [0.3, 0.4) is 0 Å². The van der Waals surface area contributed by atoms with Gasteiger partial charge in [0.15, 0.2) is 0 Å². The lowest BCUT2D eigenvalue weighted by molar-refractivity contribution is -0.148. The SMILES string of the molecule is CCCCOC(=O)[C@H](Cc1ccccc1)NC(=O)[C@H](CC(C)C)NC(=O)[C@@H](N)CCc1ccccc1. The number of ether oxygens (including phenoxy) is 1. The van der Waals surface area contributed by atoms with Crippen LogP contribution in [0.15, 0.2) is 60.7 Å². The second kappa shape index (κ2) is 15.7. The number of nitrogens with one attached hydrogen (secondary N) is 2. The fourth-order valence-electron chi connectivity index (χ4n) is 3.81. The molecular formula is C29H41N3O4. The van der Waals surface area contributed by atoms with Gasteiger partial charge in [-0.1, -0.05) is 87.9 Å². The summed E-state index contributed by atoms with van der Waals surface area (Å²) in [4.78, 5) is 38.9. The predicted molar refractivity (Wildman–Crippen MR) is 142 cm³/mol. The van der Waals surface area contributed by atoms with Gasteiger partial charge in [0.05, 0.1) is 12.6 Å². The molecule has 36 heavy (non-hydrogen) atoms. The molecule has 0 heterocycles. The van der Waals surface area contributed by atoms with Gasteiger partial charge in [-0.05, 0) is 42.7 Å². The number of hydrogen-bond donors (Lipinski definition) is 3. The quantitative estimate of drug-likeness (QED) is 0.259. The predicted octanol–water partition coefficient (Wildman–Crippen LogP) is 3.55. The lowest BCUT2D eigenvalue weighted by Gasteiger charge is -2.25. The van der Waals surface area contributed by atoms with Crippen LogP contribution in [0.25, 0.3) is 0 Å². The van der Waals surface area contributed by atoms with Crippen molar-refractivity contribution in [2.24, 2.45) is 11.7 Å². The number of rotatable bonds is 15. The second-order valence-corrected chi connectivity index (χ2v) is 9.59. The van der Waals surface area contributed by atoms with E-state index in [4.69, 9.17) is 10.5 Å². The van der Waals surface area contributed by atoms with Crippen molar-refractivity contribution >= 4 is 17.8 Å². The van der Waals surface area contributed by atoms with E-state index in [0.717, 1.165) is 24.0 Å². The van der Waals surface area contributed by atoms with Gasteiger partial charge in [-0.25, -0.2) is 4.79 Å². The normalized spacial score (nSPS) is 13.5. The van der Waals surface area contributed by atoms with Crippen molar-refractivity contribution in [3.63, 3.8) is 0 Å². The first-order valence-electron chi connectivity index (χ1n) is 12.9. The van der Waals surface area contributed by atoms with Crippen molar-refractivity contribution in [3.05, 3.63) is 71.8 Å². The number of unbranched alkanes of at least 4 members (excludes halogenated alkanes) is 1. The standard InChI is InChI=1S/C29H41N3O4/c1-4-5-18-36-29(35)26(20-23-14-10-7-11-15-23)32-28(34)25(19-21(2)3)31-27(33)24(30)17-16-22-12-8-6-9-13-22/h6-15,21,24-26H,4-5,16-20,30H2,1-3H3,(H,31,33)(H,32,34)/t24-,25-,26-/m0/s1. The summed E-state index contributed by atoms with van der Waals surface area (Å²) in [5.74, 6) is -1.13. The molecule has 7 nitrogen and oxygen atoms in total. The van der Waals surface area contributed by atoms with Gasteiger partial charge in [-0.2, -0.15) is 0 Å². The van der Waals surface area contributed by atoms with Gasteiger partial charge >= 0.3 is 5.97 Å². The van der Waals surface area contributed by atoms with Crippen molar-refractivity contribution in [3.8, 4) is 0 Å². The summed E-state index contributed by atoms with van der Waals surface area (Å²) in [6, 6.07) is 16.9. The Labute approximate surface area is 215 Å². The van der Waals surface area contributed by atoms with Crippen LogP contribution in [0.2, 0.25) is 0 Å². The molecule has 0 saturated carbocycles. The molecule has 3 atom stereocenters. The van der Waals surface area contributed by atoms with Crippen LogP contribution in [0.4, 0.5) is 0 Å². The van der Waals surface area contributed by atoms with E-state index in [1.54, 1.807) is 0 Å². The number of nitrogens with two attached hydrogens (primary N) is 1. The third kappa shape index (κ3) is 10.6. The summed E-state index contributed by atoms with van der Waals surface area (Å²) < 4.78 is 5.41. The molecule has 4 N–H and O–H groups in total. The number of carbonyl (C=O) groups is 3. The molecule has 0 spiro atoms. The van der Waals surface area contributed by atoms with E-state index in [1.165, 1.54) is 0 Å². The van der Waals surface area contributed by atoms with Crippen molar-refractivity contribution in [1.29, 1.82) is 0 Å². The molecule has 0 saturated heterocycles. The van der Waals surface area contributed by atoms with Crippen LogP contribution < -0.4 is 16.4 Å². The molecule has 0 fully saturated rings. The molecule has 0 radical (unpaired) electrons. The Bertz CT molecular complexity index is 934. The van der Waals surface area contributed by atoms with Crippen LogP contribution >= 0.6 is 0 Å². The number of aryl methyl sites for hydroxylation is 1. The maximum absolute atomic E-state index is 13.3. The van der Waals surface area contributed by atoms with E-state index in [9.17, 15) is 14.4 Å². The van der Waals surface area contributed by atoms with E-state index in [0.29, 0.717) is 32.3 Å². The summed E-state index contributed by atoms with van der Waals surface area (Å²) >= 11 is 0. The monoisotopic (exact) mass is 495 g/mol.